The first kappa shape index (κ1) is 20.2. The molecule has 8 nitrogen and oxygen atoms in total. The molecule has 9 heteroatoms. The minimum atomic E-state index is -3.34. The van der Waals surface area contributed by atoms with Gasteiger partial charge in [-0.15, -0.1) is 10.2 Å². The fraction of sp³-hybridized carbons (Fsp3) is 0.286. The molecule has 0 spiro atoms. The molecule has 1 fully saturated rings. The zero-order valence-electron chi connectivity index (χ0n) is 16.8. The van der Waals surface area contributed by atoms with Crippen molar-refractivity contribution in [2.75, 3.05) is 36.4 Å². The van der Waals surface area contributed by atoms with E-state index in [1.165, 1.54) is 0 Å². The van der Waals surface area contributed by atoms with Crippen molar-refractivity contribution in [3.8, 4) is 0 Å². The topological polar surface area (TPSA) is 91.3 Å². The van der Waals surface area contributed by atoms with Gasteiger partial charge in [0.05, 0.1) is 5.75 Å². The van der Waals surface area contributed by atoms with Crippen LogP contribution in [-0.2, 0) is 15.8 Å². The largest absolute Gasteiger partial charge is 0.352 e. The summed E-state index contributed by atoms with van der Waals surface area (Å²) in [6.45, 7) is 4.01. The second-order valence-corrected chi connectivity index (χ2v) is 9.24. The first-order valence-corrected chi connectivity index (χ1v) is 11.4. The highest BCUT2D eigenvalue weighted by Gasteiger charge is 2.27. The van der Waals surface area contributed by atoms with E-state index in [-0.39, 0.29) is 5.75 Å². The SMILES string of the molecule is Cc1cccc(CS(=O)(=O)N2CCN(c3ccc(Nc4ccncc4)nn3)CC2)c1. The molecule has 4 rings (SSSR count). The van der Waals surface area contributed by atoms with Crippen LogP contribution in [0.4, 0.5) is 17.3 Å². The third-order valence-electron chi connectivity index (χ3n) is 4.99. The zero-order valence-corrected chi connectivity index (χ0v) is 17.6. The van der Waals surface area contributed by atoms with Crippen molar-refractivity contribution in [2.24, 2.45) is 0 Å². The van der Waals surface area contributed by atoms with E-state index in [1.807, 2.05) is 55.5 Å². The third-order valence-corrected chi connectivity index (χ3v) is 6.84. The summed E-state index contributed by atoms with van der Waals surface area (Å²) in [5.74, 6) is 1.42. The smallest absolute Gasteiger partial charge is 0.218 e. The van der Waals surface area contributed by atoms with Crippen LogP contribution in [0.25, 0.3) is 0 Å². The van der Waals surface area contributed by atoms with Crippen LogP contribution in [0.3, 0.4) is 0 Å². The van der Waals surface area contributed by atoms with E-state index < -0.39 is 10.0 Å². The molecule has 0 aliphatic carbocycles. The second-order valence-electron chi connectivity index (χ2n) is 7.27. The van der Waals surface area contributed by atoms with E-state index in [0.29, 0.717) is 32.0 Å². The molecule has 1 N–H and O–H groups in total. The van der Waals surface area contributed by atoms with E-state index in [2.05, 4.69) is 25.4 Å². The van der Waals surface area contributed by atoms with Gasteiger partial charge in [0.2, 0.25) is 10.0 Å². The van der Waals surface area contributed by atoms with Crippen LogP contribution in [-0.4, -0.2) is 54.1 Å². The Morgan fingerprint density at radius 3 is 2.40 bits per heavy atom. The molecule has 0 radical (unpaired) electrons. The molecule has 1 aromatic carbocycles. The molecule has 156 valence electrons. The van der Waals surface area contributed by atoms with Crippen LogP contribution in [0, 0.1) is 6.92 Å². The number of hydrogen-bond donors (Lipinski definition) is 1. The van der Waals surface area contributed by atoms with Crippen molar-refractivity contribution in [1.29, 1.82) is 0 Å². The number of hydrogen-bond acceptors (Lipinski definition) is 7. The summed E-state index contributed by atoms with van der Waals surface area (Å²) in [4.78, 5) is 6.04. The second kappa shape index (κ2) is 8.76. The predicted molar refractivity (Wildman–Crippen MR) is 117 cm³/mol. The van der Waals surface area contributed by atoms with Crippen LogP contribution in [0.5, 0.6) is 0 Å². The summed E-state index contributed by atoms with van der Waals surface area (Å²) in [5.41, 5.74) is 2.77. The molecule has 0 atom stereocenters. The van der Waals surface area contributed by atoms with Crippen molar-refractivity contribution >= 4 is 27.3 Å². The molecule has 3 aromatic rings. The van der Waals surface area contributed by atoms with Crippen molar-refractivity contribution < 1.29 is 8.42 Å². The van der Waals surface area contributed by atoms with Gasteiger partial charge < -0.3 is 10.2 Å². The summed E-state index contributed by atoms with van der Waals surface area (Å²) < 4.78 is 27.2. The molecule has 3 heterocycles. The highest BCUT2D eigenvalue weighted by atomic mass is 32.2. The Balaban J connectivity index is 1.35. The lowest BCUT2D eigenvalue weighted by Gasteiger charge is -2.34. The minimum absolute atomic E-state index is 0.0316. The molecule has 1 saturated heterocycles. The van der Waals surface area contributed by atoms with Gasteiger partial charge in [-0.25, -0.2) is 8.42 Å². The van der Waals surface area contributed by atoms with Gasteiger partial charge in [-0.1, -0.05) is 29.8 Å². The summed E-state index contributed by atoms with van der Waals surface area (Å²) >= 11 is 0. The molecule has 2 aromatic heterocycles. The fourth-order valence-electron chi connectivity index (χ4n) is 3.44. The van der Waals surface area contributed by atoms with Crippen molar-refractivity contribution in [1.82, 2.24) is 19.5 Å². The van der Waals surface area contributed by atoms with Gasteiger partial charge in [0.25, 0.3) is 0 Å². The van der Waals surface area contributed by atoms with Crippen LogP contribution < -0.4 is 10.2 Å². The van der Waals surface area contributed by atoms with Gasteiger partial charge in [0.1, 0.15) is 0 Å². The van der Waals surface area contributed by atoms with Gasteiger partial charge in [0, 0.05) is 44.3 Å². The third kappa shape index (κ3) is 4.92. The molecular formula is C21H24N6O2S. The Hall–Kier alpha value is -3.04. The number of nitrogens with zero attached hydrogens (tertiary/aromatic N) is 5. The quantitative estimate of drug-likeness (QED) is 0.650. The average Bonchev–Trinajstić information content (AvgIpc) is 2.75. The van der Waals surface area contributed by atoms with E-state index in [4.69, 9.17) is 0 Å². The number of pyridine rings is 1. The summed E-state index contributed by atoms with van der Waals surface area (Å²) in [5, 5.41) is 11.7. The van der Waals surface area contributed by atoms with Crippen LogP contribution in [0.2, 0.25) is 0 Å². The number of sulfonamides is 1. The number of benzene rings is 1. The summed E-state index contributed by atoms with van der Waals surface area (Å²) in [7, 11) is -3.34. The number of aryl methyl sites for hydroxylation is 1. The van der Waals surface area contributed by atoms with E-state index in [1.54, 1.807) is 16.7 Å². The Labute approximate surface area is 176 Å². The molecule has 30 heavy (non-hydrogen) atoms. The lowest BCUT2D eigenvalue weighted by molar-refractivity contribution is 0.383. The number of piperazine rings is 1. The minimum Gasteiger partial charge on any atom is -0.352 e. The first-order chi connectivity index (χ1) is 14.5. The Morgan fingerprint density at radius 2 is 1.73 bits per heavy atom. The fourth-order valence-corrected chi connectivity index (χ4v) is 4.95. The molecule has 0 unspecified atom stereocenters. The highest BCUT2D eigenvalue weighted by molar-refractivity contribution is 7.88. The first-order valence-electron chi connectivity index (χ1n) is 9.79. The summed E-state index contributed by atoms with van der Waals surface area (Å²) in [6, 6.07) is 15.1. The predicted octanol–water partition coefficient (Wildman–Crippen LogP) is 2.58. The maximum atomic E-state index is 12.8. The Kier molecular flexibility index (Phi) is 5.91. The maximum absolute atomic E-state index is 12.8. The molecule has 1 aliphatic heterocycles. The van der Waals surface area contributed by atoms with Crippen LogP contribution in [0.1, 0.15) is 11.1 Å². The number of nitrogens with one attached hydrogen (secondary N) is 1. The summed E-state index contributed by atoms with van der Waals surface area (Å²) in [6.07, 6.45) is 3.41. The van der Waals surface area contributed by atoms with Gasteiger partial charge in [0.15, 0.2) is 11.6 Å². The lowest BCUT2D eigenvalue weighted by atomic mass is 10.2. The average molecular weight is 425 g/mol. The van der Waals surface area contributed by atoms with Crippen molar-refractivity contribution in [3.63, 3.8) is 0 Å². The van der Waals surface area contributed by atoms with Gasteiger partial charge in [-0.2, -0.15) is 4.31 Å². The van der Waals surface area contributed by atoms with Crippen LogP contribution in [0.15, 0.2) is 60.9 Å². The molecule has 0 amide bonds. The van der Waals surface area contributed by atoms with E-state index in [9.17, 15) is 8.42 Å². The van der Waals surface area contributed by atoms with Gasteiger partial charge in [-0.3, -0.25) is 4.98 Å². The maximum Gasteiger partial charge on any atom is 0.218 e. The van der Waals surface area contributed by atoms with Crippen LogP contribution >= 0.6 is 0 Å². The Bertz CT molecular complexity index is 1080. The van der Waals surface area contributed by atoms with E-state index in [0.717, 1.165) is 22.6 Å². The van der Waals surface area contributed by atoms with E-state index >= 15 is 0 Å². The monoisotopic (exact) mass is 424 g/mol. The Morgan fingerprint density at radius 1 is 0.967 bits per heavy atom. The number of rotatable bonds is 6. The number of aromatic nitrogens is 3. The van der Waals surface area contributed by atoms with Gasteiger partial charge in [-0.05, 0) is 36.8 Å². The lowest BCUT2D eigenvalue weighted by Crippen LogP contribution is -2.49. The molecule has 0 saturated carbocycles. The zero-order chi connectivity index (χ0) is 21.0. The molecule has 0 bridgehead atoms. The normalized spacial score (nSPS) is 15.2. The van der Waals surface area contributed by atoms with Gasteiger partial charge >= 0.3 is 0 Å². The molecular weight excluding hydrogens is 400 g/mol. The number of anilines is 3. The highest BCUT2D eigenvalue weighted by Crippen LogP contribution is 2.19. The van der Waals surface area contributed by atoms with Crippen molar-refractivity contribution in [2.45, 2.75) is 12.7 Å². The molecule has 1 aliphatic rings. The standard InChI is InChI=1S/C21H24N6O2S/c1-17-3-2-4-18(15-17)16-30(28,29)27-13-11-26(12-14-27)21-6-5-20(24-25-21)23-19-7-9-22-10-8-19/h2-10,15H,11-14,16H2,1H3,(H,22,23,24). The van der Waals surface area contributed by atoms with Crippen molar-refractivity contribution in [3.05, 3.63) is 72.1 Å².